The number of guanidine groups is 1. The van der Waals surface area contributed by atoms with E-state index in [1.807, 2.05) is 20.3 Å². The zero-order chi connectivity index (χ0) is 23.8. The minimum absolute atomic E-state index is 0.0904. The van der Waals surface area contributed by atoms with Crippen LogP contribution in [-0.2, 0) is 6.54 Å². The van der Waals surface area contributed by atoms with Crippen molar-refractivity contribution in [2.45, 2.75) is 37.9 Å². The van der Waals surface area contributed by atoms with Crippen LogP contribution in [0.4, 0.5) is 14.5 Å². The Balaban J connectivity index is 1.49. The summed E-state index contributed by atoms with van der Waals surface area (Å²) in [5.74, 6) is 1.62. The zero-order valence-corrected chi connectivity index (χ0v) is 20.0. The van der Waals surface area contributed by atoms with Crippen molar-refractivity contribution in [2.75, 3.05) is 45.7 Å². The van der Waals surface area contributed by atoms with Gasteiger partial charge in [-0.1, -0.05) is 12.1 Å². The minimum Gasteiger partial charge on any atom is -0.378 e. The average Bonchev–Trinajstić information content (AvgIpc) is 3.47. The molecule has 2 saturated heterocycles. The molecular weight excluding hydrogens is 436 g/mol. The maximum absolute atomic E-state index is 12.9. The topological polar surface area (TPSA) is 51.9 Å². The third kappa shape index (κ3) is 4.41. The summed E-state index contributed by atoms with van der Waals surface area (Å²) in [6.07, 6.45) is 5.16. The van der Waals surface area contributed by atoms with Crippen molar-refractivity contribution >= 4 is 17.2 Å². The molecule has 1 aromatic carbocycles. The van der Waals surface area contributed by atoms with Crippen molar-refractivity contribution in [3.63, 3.8) is 0 Å². The molecule has 182 valence electrons. The van der Waals surface area contributed by atoms with Crippen LogP contribution in [0, 0.1) is 5.92 Å². The van der Waals surface area contributed by atoms with E-state index in [1.54, 1.807) is 12.4 Å². The number of likely N-dealkylation sites (tertiary alicyclic amines) is 1. The lowest BCUT2D eigenvalue weighted by atomic mass is 9.91. The van der Waals surface area contributed by atoms with Gasteiger partial charge in [-0.3, -0.25) is 4.68 Å². The molecule has 2 fully saturated rings. The highest BCUT2D eigenvalue weighted by Gasteiger charge is 2.37. The van der Waals surface area contributed by atoms with Crippen LogP contribution in [0.2, 0.25) is 0 Å². The second-order valence-corrected chi connectivity index (χ2v) is 9.70. The molecule has 0 spiro atoms. The predicted molar refractivity (Wildman–Crippen MR) is 131 cm³/mol. The second-order valence-electron chi connectivity index (χ2n) is 9.70. The maximum atomic E-state index is 12.9. The van der Waals surface area contributed by atoms with Gasteiger partial charge in [0.05, 0.1) is 12.2 Å². The molecule has 3 aliphatic heterocycles. The predicted octanol–water partition coefficient (Wildman–Crippen LogP) is 3.28. The summed E-state index contributed by atoms with van der Waals surface area (Å²) in [5, 5.41) is 7.80. The second kappa shape index (κ2) is 9.37. The van der Waals surface area contributed by atoms with Gasteiger partial charge < -0.3 is 20.0 Å². The highest BCUT2D eigenvalue weighted by molar-refractivity contribution is 5.88. The van der Waals surface area contributed by atoms with Crippen molar-refractivity contribution in [1.29, 1.82) is 0 Å². The van der Waals surface area contributed by atoms with Gasteiger partial charge in [0.25, 0.3) is 6.43 Å². The van der Waals surface area contributed by atoms with Crippen LogP contribution < -0.4 is 10.2 Å². The van der Waals surface area contributed by atoms with Gasteiger partial charge >= 0.3 is 0 Å². The number of benzene rings is 1. The Hall–Kier alpha value is -2.94. The number of alkyl halides is 2. The third-order valence-electron chi connectivity index (χ3n) is 7.27. The molecule has 0 aliphatic carbocycles. The van der Waals surface area contributed by atoms with Crippen LogP contribution in [0.1, 0.15) is 30.0 Å². The maximum Gasteiger partial charge on any atom is 0.257 e. The molecule has 9 heteroatoms. The summed E-state index contributed by atoms with van der Waals surface area (Å²) in [6, 6.07) is 9.04. The molecule has 7 nitrogen and oxygen atoms in total. The number of aliphatic imine (C=N–C) groups is 1. The van der Waals surface area contributed by atoms with E-state index < -0.39 is 13.0 Å². The number of piperidine rings is 1. The number of likely N-dealkylation sites (N-methyl/N-ethyl adjacent to an activating group) is 1. The standard InChI is InChI=1S/C25H33F2N7/c1-31(2)20-6-4-17(5-7-20)24-21(19-12-30-34(15-19)16-23(26)27)13-29-25(32(24)3)33-11-9-22-18(14-33)8-10-28-22/h4-7,12-13,15,18,22-24,28H,8-11,14,16H2,1-3H3. The highest BCUT2D eigenvalue weighted by atomic mass is 19.3. The number of hydrogen-bond donors (Lipinski definition) is 1. The lowest BCUT2D eigenvalue weighted by molar-refractivity contribution is 0.122. The van der Waals surface area contributed by atoms with Gasteiger partial charge in [-0.15, -0.1) is 0 Å². The molecule has 3 unspecified atom stereocenters. The quantitative estimate of drug-likeness (QED) is 0.729. The average molecular weight is 470 g/mol. The molecule has 4 heterocycles. The molecular formula is C25H33F2N7. The molecule has 3 aliphatic rings. The largest absolute Gasteiger partial charge is 0.378 e. The van der Waals surface area contributed by atoms with E-state index in [1.165, 1.54) is 11.1 Å². The number of halogens is 2. The van der Waals surface area contributed by atoms with E-state index in [2.05, 4.69) is 56.4 Å². The summed E-state index contributed by atoms with van der Waals surface area (Å²) in [4.78, 5) is 11.6. The van der Waals surface area contributed by atoms with Gasteiger partial charge in [0.15, 0.2) is 0 Å². The summed E-state index contributed by atoms with van der Waals surface area (Å²) in [7, 11) is 6.13. The first-order chi connectivity index (χ1) is 16.4. The van der Waals surface area contributed by atoms with Crippen LogP contribution >= 0.6 is 0 Å². The molecule has 2 aromatic rings. The molecule has 5 rings (SSSR count). The Labute approximate surface area is 199 Å². The highest BCUT2D eigenvalue weighted by Crippen LogP contribution is 2.39. The first kappa shape index (κ1) is 22.8. The Kier molecular flexibility index (Phi) is 6.29. The Bertz CT molecular complexity index is 1060. The number of fused-ring (bicyclic) bond motifs is 1. The normalized spacial score (nSPS) is 24.8. The molecule has 0 radical (unpaired) electrons. The van der Waals surface area contributed by atoms with Crippen LogP contribution in [0.5, 0.6) is 0 Å². The summed E-state index contributed by atoms with van der Waals surface area (Å²) in [5.41, 5.74) is 4.03. The number of anilines is 1. The Morgan fingerprint density at radius 3 is 2.71 bits per heavy atom. The van der Waals surface area contributed by atoms with Crippen LogP contribution in [-0.4, -0.2) is 78.8 Å². The smallest absolute Gasteiger partial charge is 0.257 e. The van der Waals surface area contributed by atoms with Crippen molar-refractivity contribution in [3.8, 4) is 0 Å². The lowest BCUT2D eigenvalue weighted by Crippen LogP contribution is -2.52. The molecule has 34 heavy (non-hydrogen) atoms. The van der Waals surface area contributed by atoms with Gasteiger partial charge in [0.2, 0.25) is 5.96 Å². The van der Waals surface area contributed by atoms with E-state index in [9.17, 15) is 8.78 Å². The summed E-state index contributed by atoms with van der Waals surface area (Å²) in [6.45, 7) is 2.66. The van der Waals surface area contributed by atoms with Crippen LogP contribution in [0.15, 0.2) is 47.9 Å². The van der Waals surface area contributed by atoms with Crippen molar-refractivity contribution in [2.24, 2.45) is 10.9 Å². The lowest BCUT2D eigenvalue weighted by Gasteiger charge is -2.43. The summed E-state index contributed by atoms with van der Waals surface area (Å²) < 4.78 is 27.1. The summed E-state index contributed by atoms with van der Waals surface area (Å²) >= 11 is 0. The van der Waals surface area contributed by atoms with Crippen molar-refractivity contribution in [3.05, 3.63) is 54.0 Å². The molecule has 1 N–H and O–H groups in total. The van der Waals surface area contributed by atoms with E-state index in [4.69, 9.17) is 4.99 Å². The van der Waals surface area contributed by atoms with E-state index >= 15 is 0 Å². The number of nitrogens with zero attached hydrogens (tertiary/aromatic N) is 6. The number of rotatable bonds is 5. The van der Waals surface area contributed by atoms with Crippen LogP contribution in [0.25, 0.3) is 5.57 Å². The molecule has 0 amide bonds. The molecule has 0 bridgehead atoms. The van der Waals surface area contributed by atoms with Gasteiger partial charge in [0.1, 0.15) is 6.54 Å². The Morgan fingerprint density at radius 2 is 1.97 bits per heavy atom. The van der Waals surface area contributed by atoms with Crippen molar-refractivity contribution in [1.82, 2.24) is 24.9 Å². The van der Waals surface area contributed by atoms with Gasteiger partial charge in [-0.05, 0) is 43.0 Å². The van der Waals surface area contributed by atoms with E-state index in [0.29, 0.717) is 12.0 Å². The molecule has 1 aromatic heterocycles. The Morgan fingerprint density at radius 1 is 1.18 bits per heavy atom. The fourth-order valence-corrected chi connectivity index (χ4v) is 5.49. The van der Waals surface area contributed by atoms with Gasteiger partial charge in [0, 0.05) is 69.5 Å². The monoisotopic (exact) mass is 469 g/mol. The van der Waals surface area contributed by atoms with E-state index in [0.717, 1.165) is 54.4 Å². The van der Waals surface area contributed by atoms with Gasteiger partial charge in [-0.2, -0.15) is 5.10 Å². The van der Waals surface area contributed by atoms with Crippen molar-refractivity contribution < 1.29 is 8.78 Å². The minimum atomic E-state index is -2.44. The molecule has 0 saturated carbocycles. The van der Waals surface area contributed by atoms with E-state index in [-0.39, 0.29) is 6.04 Å². The number of nitrogens with one attached hydrogen (secondary N) is 1. The fourth-order valence-electron chi connectivity index (χ4n) is 5.49. The van der Waals surface area contributed by atoms with Crippen LogP contribution in [0.3, 0.4) is 0 Å². The molecule has 3 atom stereocenters. The first-order valence-corrected chi connectivity index (χ1v) is 12.0. The third-order valence-corrected chi connectivity index (χ3v) is 7.27. The number of hydrogen-bond acceptors (Lipinski definition) is 6. The first-order valence-electron chi connectivity index (χ1n) is 12.0. The zero-order valence-electron chi connectivity index (χ0n) is 20.0. The van der Waals surface area contributed by atoms with Gasteiger partial charge in [-0.25, -0.2) is 13.8 Å². The SMILES string of the molecule is CN(C)c1ccc(C2C(c3cnn(CC(F)F)c3)=CN=C(N3CCC4NCCC4C3)N2C)cc1. The fraction of sp³-hybridized carbons (Fsp3) is 0.520. The number of aromatic nitrogens is 2.